The van der Waals surface area contributed by atoms with Gasteiger partial charge in [-0.05, 0) is 25.2 Å². The largest absolute Gasteiger partial charge is 0.381 e. The maximum atomic E-state index is 12.2. The Balaban J connectivity index is 1.43. The second-order valence-corrected chi connectivity index (χ2v) is 6.69. The highest BCUT2D eigenvalue weighted by molar-refractivity contribution is 5.91. The lowest BCUT2D eigenvalue weighted by atomic mass is 10.00. The number of fused-ring (bicyclic) bond motifs is 1. The number of hydrogen-bond acceptors (Lipinski definition) is 6. The zero-order chi connectivity index (χ0) is 15.6. The Morgan fingerprint density at radius 2 is 2.35 bits per heavy atom. The molecule has 3 fully saturated rings. The molecular weight excluding hydrogens is 298 g/mol. The van der Waals surface area contributed by atoms with E-state index in [1.54, 1.807) is 6.07 Å². The maximum absolute atomic E-state index is 12.2. The summed E-state index contributed by atoms with van der Waals surface area (Å²) in [6.07, 6.45) is 4.90. The molecule has 3 aliphatic heterocycles. The predicted octanol–water partition coefficient (Wildman–Crippen LogP) is 0.673. The predicted molar refractivity (Wildman–Crippen MR) is 81.0 cm³/mol. The summed E-state index contributed by atoms with van der Waals surface area (Å²) in [6.45, 7) is 4.35. The quantitative estimate of drug-likeness (QED) is 0.878. The van der Waals surface area contributed by atoms with Crippen molar-refractivity contribution in [3.05, 3.63) is 18.0 Å². The highest BCUT2D eigenvalue weighted by Gasteiger charge is 2.45. The van der Waals surface area contributed by atoms with Crippen molar-refractivity contribution in [1.82, 2.24) is 15.4 Å². The van der Waals surface area contributed by atoms with Gasteiger partial charge in [-0.15, -0.1) is 0 Å². The molecule has 126 valence electrons. The number of nitrogens with zero attached hydrogens (tertiary/aromatic N) is 2. The van der Waals surface area contributed by atoms with Gasteiger partial charge in [0.1, 0.15) is 0 Å². The molecule has 7 nitrogen and oxygen atoms in total. The molecule has 23 heavy (non-hydrogen) atoms. The molecule has 0 aliphatic carbocycles. The standard InChI is InChI=1S/C16H23N3O4/c20-16(14-3-5-17-23-14)18-12-9-19(8-11-4-7-21-10-11)13-2-1-6-22-15(12)13/h3,5,11-13,15H,1-2,4,6-10H2,(H,18,20)/t11?,12-,13-,15-/m1/s1. The third-order valence-corrected chi connectivity index (χ3v) is 5.13. The minimum atomic E-state index is -0.216. The van der Waals surface area contributed by atoms with Crippen LogP contribution in [0.3, 0.4) is 0 Å². The van der Waals surface area contributed by atoms with E-state index in [0.717, 1.165) is 52.2 Å². The van der Waals surface area contributed by atoms with E-state index in [-0.39, 0.29) is 23.8 Å². The summed E-state index contributed by atoms with van der Waals surface area (Å²) in [6, 6.07) is 1.97. The third-order valence-electron chi connectivity index (χ3n) is 5.13. The molecule has 7 heteroatoms. The smallest absolute Gasteiger partial charge is 0.290 e. The second-order valence-electron chi connectivity index (χ2n) is 6.69. The third kappa shape index (κ3) is 3.13. The van der Waals surface area contributed by atoms with Gasteiger partial charge in [0, 0.05) is 38.4 Å². The molecule has 1 unspecified atom stereocenters. The van der Waals surface area contributed by atoms with Gasteiger partial charge >= 0.3 is 0 Å². The van der Waals surface area contributed by atoms with Crippen molar-refractivity contribution in [2.75, 3.05) is 32.9 Å². The molecule has 0 bridgehead atoms. The van der Waals surface area contributed by atoms with Crippen molar-refractivity contribution in [2.24, 2.45) is 5.92 Å². The van der Waals surface area contributed by atoms with Crippen LogP contribution < -0.4 is 5.32 Å². The summed E-state index contributed by atoms with van der Waals surface area (Å²) in [4.78, 5) is 14.7. The van der Waals surface area contributed by atoms with Crippen molar-refractivity contribution < 1.29 is 18.8 Å². The van der Waals surface area contributed by atoms with Gasteiger partial charge in [-0.25, -0.2) is 0 Å². The molecule has 3 aliphatic rings. The fraction of sp³-hybridized carbons (Fsp3) is 0.750. The van der Waals surface area contributed by atoms with Crippen molar-refractivity contribution in [3.8, 4) is 0 Å². The van der Waals surface area contributed by atoms with E-state index in [1.165, 1.54) is 6.20 Å². The number of carbonyl (C=O) groups is 1. The summed E-state index contributed by atoms with van der Waals surface area (Å²) in [7, 11) is 0. The van der Waals surface area contributed by atoms with Crippen LogP contribution in [0.1, 0.15) is 29.8 Å². The molecule has 4 rings (SSSR count). The van der Waals surface area contributed by atoms with Crippen molar-refractivity contribution in [1.29, 1.82) is 0 Å². The minimum absolute atomic E-state index is 0.000205. The first-order valence-electron chi connectivity index (χ1n) is 8.46. The monoisotopic (exact) mass is 321 g/mol. The number of nitrogens with one attached hydrogen (secondary N) is 1. The molecule has 0 spiro atoms. The van der Waals surface area contributed by atoms with Gasteiger partial charge in [-0.3, -0.25) is 9.69 Å². The number of hydrogen-bond donors (Lipinski definition) is 1. The molecule has 1 N–H and O–H groups in total. The minimum Gasteiger partial charge on any atom is -0.381 e. The fourth-order valence-electron chi connectivity index (χ4n) is 4.02. The summed E-state index contributed by atoms with van der Waals surface area (Å²) < 4.78 is 16.4. The van der Waals surface area contributed by atoms with Crippen LogP contribution in [0.4, 0.5) is 0 Å². The summed E-state index contributed by atoms with van der Waals surface area (Å²) in [5, 5.41) is 6.66. The van der Waals surface area contributed by atoms with Crippen LogP contribution >= 0.6 is 0 Å². The van der Waals surface area contributed by atoms with Crippen LogP contribution in [0.5, 0.6) is 0 Å². The Morgan fingerprint density at radius 1 is 1.39 bits per heavy atom. The van der Waals surface area contributed by atoms with E-state index >= 15 is 0 Å². The van der Waals surface area contributed by atoms with E-state index < -0.39 is 0 Å². The highest BCUT2D eigenvalue weighted by Crippen LogP contribution is 2.30. The molecule has 1 aromatic heterocycles. The number of rotatable bonds is 4. The van der Waals surface area contributed by atoms with Gasteiger partial charge in [0.15, 0.2) is 0 Å². The molecule has 0 aromatic carbocycles. The lowest BCUT2D eigenvalue weighted by Gasteiger charge is -2.33. The van der Waals surface area contributed by atoms with Crippen LogP contribution in [0.25, 0.3) is 0 Å². The zero-order valence-electron chi connectivity index (χ0n) is 13.1. The van der Waals surface area contributed by atoms with Crippen LogP contribution in [-0.2, 0) is 9.47 Å². The van der Waals surface area contributed by atoms with E-state index in [2.05, 4.69) is 15.4 Å². The van der Waals surface area contributed by atoms with Gasteiger partial charge in [-0.1, -0.05) is 5.16 Å². The van der Waals surface area contributed by atoms with Gasteiger partial charge in [-0.2, -0.15) is 0 Å². The van der Waals surface area contributed by atoms with Crippen LogP contribution in [0.2, 0.25) is 0 Å². The number of aromatic nitrogens is 1. The van der Waals surface area contributed by atoms with Crippen LogP contribution in [0, 0.1) is 5.92 Å². The Kier molecular flexibility index (Phi) is 4.33. The number of ether oxygens (including phenoxy) is 2. The first kappa shape index (κ1) is 15.1. The molecule has 4 atom stereocenters. The molecule has 1 aromatic rings. The van der Waals surface area contributed by atoms with Gasteiger partial charge in [0.25, 0.3) is 5.91 Å². The molecular formula is C16H23N3O4. The van der Waals surface area contributed by atoms with E-state index in [0.29, 0.717) is 12.0 Å². The Bertz CT molecular complexity index is 529. The molecule has 1 amide bonds. The average Bonchev–Trinajstić information content (AvgIpc) is 3.30. The van der Waals surface area contributed by atoms with Crippen molar-refractivity contribution in [2.45, 2.75) is 37.5 Å². The lowest BCUT2D eigenvalue weighted by Crippen LogP contribution is -2.47. The Labute approximate surface area is 135 Å². The normalized spacial score (nSPS) is 34.4. The van der Waals surface area contributed by atoms with Crippen LogP contribution in [0.15, 0.2) is 16.8 Å². The summed E-state index contributed by atoms with van der Waals surface area (Å²) >= 11 is 0. The van der Waals surface area contributed by atoms with E-state index in [9.17, 15) is 4.79 Å². The Hall–Kier alpha value is -1.44. The SMILES string of the molecule is O=C(N[C@@H]1CN(CC2CCOC2)[C@@H]2CCCO[C@@H]21)c1ccno1. The molecule has 0 radical (unpaired) electrons. The van der Waals surface area contributed by atoms with Crippen molar-refractivity contribution >= 4 is 5.91 Å². The van der Waals surface area contributed by atoms with Crippen molar-refractivity contribution in [3.63, 3.8) is 0 Å². The Morgan fingerprint density at radius 3 is 3.13 bits per heavy atom. The van der Waals surface area contributed by atoms with E-state index in [1.807, 2.05) is 0 Å². The van der Waals surface area contributed by atoms with Gasteiger partial charge in [0.05, 0.1) is 24.9 Å². The van der Waals surface area contributed by atoms with Gasteiger partial charge < -0.3 is 19.3 Å². The molecule has 4 heterocycles. The van der Waals surface area contributed by atoms with E-state index in [4.69, 9.17) is 14.0 Å². The average molecular weight is 321 g/mol. The molecule has 0 saturated carbocycles. The highest BCUT2D eigenvalue weighted by atomic mass is 16.5. The fourth-order valence-corrected chi connectivity index (χ4v) is 4.02. The lowest BCUT2D eigenvalue weighted by molar-refractivity contribution is -0.0221. The number of amides is 1. The summed E-state index contributed by atoms with van der Waals surface area (Å²) in [5.41, 5.74) is 0. The summed E-state index contributed by atoms with van der Waals surface area (Å²) in [5.74, 6) is 0.632. The number of likely N-dealkylation sites (tertiary alicyclic amines) is 1. The first-order chi connectivity index (χ1) is 11.3. The topological polar surface area (TPSA) is 76.8 Å². The van der Waals surface area contributed by atoms with Crippen LogP contribution in [-0.4, -0.2) is 67.1 Å². The second kappa shape index (κ2) is 6.59. The zero-order valence-corrected chi connectivity index (χ0v) is 13.1. The number of carbonyl (C=O) groups excluding carboxylic acids is 1. The first-order valence-corrected chi connectivity index (χ1v) is 8.46. The van der Waals surface area contributed by atoms with Gasteiger partial charge in [0.2, 0.25) is 5.76 Å². The maximum Gasteiger partial charge on any atom is 0.290 e. The molecule has 3 saturated heterocycles.